The van der Waals surface area contributed by atoms with Crippen molar-refractivity contribution in [3.05, 3.63) is 20.8 Å². The monoisotopic (exact) mass is 287 g/mol. The zero-order valence-corrected chi connectivity index (χ0v) is 11.4. The van der Waals surface area contributed by atoms with E-state index in [-0.39, 0.29) is 0 Å². The Balaban J connectivity index is 1.47. The van der Waals surface area contributed by atoms with Crippen LogP contribution in [-0.4, -0.2) is 12.6 Å². The maximum absolute atomic E-state index is 3.55. The minimum Gasteiger partial charge on any atom is -0.314 e. The Kier molecular flexibility index (Phi) is 4.66. The number of hydrogen-bond donors (Lipinski definition) is 1. The highest BCUT2D eigenvalue weighted by Gasteiger charge is 2.19. The van der Waals surface area contributed by atoms with Crippen LogP contribution >= 0.6 is 27.3 Å². The van der Waals surface area contributed by atoms with Crippen LogP contribution < -0.4 is 5.32 Å². The minimum atomic E-state index is 0.873. The molecule has 0 bridgehead atoms. The summed E-state index contributed by atoms with van der Waals surface area (Å²) in [5, 5.41) is 3.55. The molecule has 1 N–H and O–H groups in total. The van der Waals surface area contributed by atoms with E-state index in [1.54, 1.807) is 0 Å². The Hall–Kier alpha value is 0.140. The van der Waals surface area contributed by atoms with Crippen LogP contribution in [0.2, 0.25) is 0 Å². The first kappa shape index (κ1) is 11.6. The highest BCUT2D eigenvalue weighted by atomic mass is 79.9. The molecule has 0 aromatic carbocycles. The normalized spacial score (nSPS) is 15.8. The molecular weight excluding hydrogens is 270 g/mol. The van der Waals surface area contributed by atoms with Crippen molar-refractivity contribution in [2.24, 2.45) is 0 Å². The Morgan fingerprint density at radius 3 is 2.80 bits per heavy atom. The summed E-state index contributed by atoms with van der Waals surface area (Å²) in [5.74, 6) is 0. The summed E-state index contributed by atoms with van der Waals surface area (Å²) in [6, 6.07) is 5.25. The van der Waals surface area contributed by atoms with Gasteiger partial charge in [-0.15, -0.1) is 11.3 Å². The Bertz CT molecular complexity index is 294. The third-order valence-corrected chi connectivity index (χ3v) is 4.42. The van der Waals surface area contributed by atoms with E-state index in [1.165, 1.54) is 53.7 Å². The molecule has 1 heterocycles. The van der Waals surface area contributed by atoms with Gasteiger partial charge in [0.1, 0.15) is 0 Å². The molecule has 1 aliphatic rings. The van der Waals surface area contributed by atoms with Gasteiger partial charge >= 0.3 is 0 Å². The van der Waals surface area contributed by atoms with Crippen molar-refractivity contribution in [3.8, 4) is 0 Å². The van der Waals surface area contributed by atoms with Gasteiger partial charge in [0.05, 0.1) is 3.79 Å². The number of thiophene rings is 1. The van der Waals surface area contributed by atoms with Crippen molar-refractivity contribution in [1.29, 1.82) is 0 Å². The first-order valence-electron chi connectivity index (χ1n) is 5.82. The first-order valence-corrected chi connectivity index (χ1v) is 7.43. The largest absolute Gasteiger partial charge is 0.314 e. The number of rotatable bonds is 7. The van der Waals surface area contributed by atoms with Crippen LogP contribution in [0.1, 0.15) is 37.0 Å². The van der Waals surface area contributed by atoms with Gasteiger partial charge in [-0.2, -0.15) is 0 Å². The molecule has 2 rings (SSSR count). The quantitative estimate of drug-likeness (QED) is 0.748. The average Bonchev–Trinajstić information content (AvgIpc) is 2.95. The van der Waals surface area contributed by atoms with Crippen molar-refractivity contribution in [2.45, 2.75) is 44.6 Å². The molecule has 0 unspecified atom stereocenters. The fraction of sp³-hybridized carbons (Fsp3) is 0.667. The van der Waals surface area contributed by atoms with E-state index in [4.69, 9.17) is 0 Å². The SMILES string of the molecule is Brc1ccc(CCCCCNC2CC2)s1. The predicted octanol–water partition coefficient (Wildman–Crippen LogP) is 3.98. The van der Waals surface area contributed by atoms with Gasteiger partial charge in [0.15, 0.2) is 0 Å². The van der Waals surface area contributed by atoms with Crippen LogP contribution in [0.5, 0.6) is 0 Å². The minimum absolute atomic E-state index is 0.873. The summed E-state index contributed by atoms with van der Waals surface area (Å²) in [5.41, 5.74) is 0. The van der Waals surface area contributed by atoms with Gasteiger partial charge in [-0.05, 0) is 66.7 Å². The maximum atomic E-state index is 3.55. The second-order valence-electron chi connectivity index (χ2n) is 4.24. The second-order valence-corrected chi connectivity index (χ2v) is 6.79. The smallest absolute Gasteiger partial charge is 0.0701 e. The molecule has 1 aliphatic carbocycles. The molecule has 0 aliphatic heterocycles. The summed E-state index contributed by atoms with van der Waals surface area (Å²) in [6.07, 6.45) is 8.09. The van der Waals surface area contributed by atoms with Crippen LogP contribution in [0.4, 0.5) is 0 Å². The van der Waals surface area contributed by atoms with E-state index in [1.807, 2.05) is 11.3 Å². The van der Waals surface area contributed by atoms with Crippen molar-refractivity contribution in [1.82, 2.24) is 5.32 Å². The second kappa shape index (κ2) is 6.02. The van der Waals surface area contributed by atoms with Crippen LogP contribution in [-0.2, 0) is 6.42 Å². The van der Waals surface area contributed by atoms with Gasteiger partial charge < -0.3 is 5.32 Å². The molecule has 3 heteroatoms. The Morgan fingerprint density at radius 2 is 2.13 bits per heavy atom. The van der Waals surface area contributed by atoms with Crippen LogP contribution in [0, 0.1) is 0 Å². The van der Waals surface area contributed by atoms with Crippen LogP contribution in [0.3, 0.4) is 0 Å². The molecule has 1 saturated carbocycles. The number of hydrogen-bond acceptors (Lipinski definition) is 2. The standard InChI is InChI=1S/C12H18BrNS/c13-12-8-7-11(15-12)4-2-1-3-9-14-10-5-6-10/h7-8,10,14H,1-6,9H2. The van der Waals surface area contributed by atoms with E-state index in [2.05, 4.69) is 33.4 Å². The Morgan fingerprint density at radius 1 is 1.27 bits per heavy atom. The third-order valence-electron chi connectivity index (χ3n) is 2.74. The lowest BCUT2D eigenvalue weighted by Gasteiger charge is -2.01. The van der Waals surface area contributed by atoms with E-state index in [0.29, 0.717) is 0 Å². The molecule has 84 valence electrons. The van der Waals surface area contributed by atoms with E-state index < -0.39 is 0 Å². The molecule has 1 nitrogen and oxygen atoms in total. The van der Waals surface area contributed by atoms with Gasteiger partial charge in [0.25, 0.3) is 0 Å². The molecule has 0 atom stereocenters. The summed E-state index contributed by atoms with van der Waals surface area (Å²) < 4.78 is 1.26. The molecule has 0 amide bonds. The number of unbranched alkanes of at least 4 members (excludes halogenated alkanes) is 2. The molecule has 0 radical (unpaired) electrons. The van der Waals surface area contributed by atoms with Crippen molar-refractivity contribution in [2.75, 3.05) is 6.54 Å². The van der Waals surface area contributed by atoms with Gasteiger partial charge in [0, 0.05) is 10.9 Å². The summed E-state index contributed by atoms with van der Waals surface area (Å²) >= 11 is 5.36. The number of halogens is 1. The average molecular weight is 288 g/mol. The van der Waals surface area contributed by atoms with Crippen molar-refractivity contribution in [3.63, 3.8) is 0 Å². The molecule has 1 fully saturated rings. The maximum Gasteiger partial charge on any atom is 0.0701 e. The zero-order chi connectivity index (χ0) is 10.5. The lowest BCUT2D eigenvalue weighted by Crippen LogP contribution is -2.17. The van der Waals surface area contributed by atoms with Crippen LogP contribution in [0.25, 0.3) is 0 Å². The number of nitrogens with one attached hydrogen (secondary N) is 1. The molecule has 0 saturated heterocycles. The van der Waals surface area contributed by atoms with Gasteiger partial charge in [0.2, 0.25) is 0 Å². The number of aryl methyl sites for hydroxylation is 1. The molecule has 1 aromatic heterocycles. The van der Waals surface area contributed by atoms with E-state index in [9.17, 15) is 0 Å². The third kappa shape index (κ3) is 4.66. The fourth-order valence-electron chi connectivity index (χ4n) is 1.68. The summed E-state index contributed by atoms with van der Waals surface area (Å²) in [6.45, 7) is 1.22. The highest BCUT2D eigenvalue weighted by Crippen LogP contribution is 2.23. The lowest BCUT2D eigenvalue weighted by molar-refractivity contribution is 0.601. The molecule has 0 spiro atoms. The van der Waals surface area contributed by atoms with Crippen molar-refractivity contribution < 1.29 is 0 Å². The van der Waals surface area contributed by atoms with Gasteiger partial charge in [-0.25, -0.2) is 0 Å². The summed E-state index contributed by atoms with van der Waals surface area (Å²) in [7, 11) is 0. The van der Waals surface area contributed by atoms with Crippen LogP contribution in [0.15, 0.2) is 15.9 Å². The van der Waals surface area contributed by atoms with Gasteiger partial charge in [-0.3, -0.25) is 0 Å². The predicted molar refractivity (Wildman–Crippen MR) is 70.6 cm³/mol. The van der Waals surface area contributed by atoms with E-state index >= 15 is 0 Å². The fourth-order valence-corrected chi connectivity index (χ4v) is 3.21. The highest BCUT2D eigenvalue weighted by molar-refractivity contribution is 9.11. The summed E-state index contributed by atoms with van der Waals surface area (Å²) in [4.78, 5) is 1.51. The topological polar surface area (TPSA) is 12.0 Å². The van der Waals surface area contributed by atoms with Gasteiger partial charge in [-0.1, -0.05) is 6.42 Å². The van der Waals surface area contributed by atoms with E-state index in [0.717, 1.165) is 6.04 Å². The molecular formula is C12H18BrNS. The molecule has 15 heavy (non-hydrogen) atoms. The van der Waals surface area contributed by atoms with Crippen molar-refractivity contribution >= 4 is 27.3 Å². The first-order chi connectivity index (χ1) is 7.34. The lowest BCUT2D eigenvalue weighted by atomic mass is 10.2. The molecule has 1 aromatic rings. The Labute approximate surface area is 104 Å². The zero-order valence-electron chi connectivity index (χ0n) is 8.97.